The smallest absolute Gasteiger partial charge is 0.255 e. The molecule has 1 aliphatic heterocycles. The molecule has 3 rings (SSSR count). The van der Waals surface area contributed by atoms with Crippen LogP contribution in [0, 0.1) is 5.92 Å². The molecule has 110 valence electrons. The fourth-order valence-corrected chi connectivity index (χ4v) is 2.61. The zero-order chi connectivity index (χ0) is 14.8. The quantitative estimate of drug-likeness (QED) is 0.901. The minimum absolute atomic E-state index is 0.0515. The maximum atomic E-state index is 12.3. The van der Waals surface area contributed by atoms with Crippen molar-refractivity contribution < 1.29 is 14.0 Å². The molecule has 2 amide bonds. The molecule has 5 heteroatoms. The van der Waals surface area contributed by atoms with Gasteiger partial charge in [-0.25, -0.2) is 0 Å². The Morgan fingerprint density at radius 3 is 3.05 bits per heavy atom. The Morgan fingerprint density at radius 2 is 2.33 bits per heavy atom. The molecule has 0 bridgehead atoms. The Balaban J connectivity index is 1.73. The Kier molecular flexibility index (Phi) is 3.64. The van der Waals surface area contributed by atoms with E-state index in [1.54, 1.807) is 0 Å². The maximum Gasteiger partial charge on any atom is 0.255 e. The zero-order valence-corrected chi connectivity index (χ0v) is 11.9. The molecule has 1 unspecified atom stereocenters. The molecule has 2 heterocycles. The summed E-state index contributed by atoms with van der Waals surface area (Å²) in [6, 6.07) is 5.89. The first-order valence-corrected chi connectivity index (χ1v) is 7.22. The average molecular weight is 286 g/mol. The van der Waals surface area contributed by atoms with E-state index >= 15 is 0 Å². The van der Waals surface area contributed by atoms with Crippen molar-refractivity contribution in [3.63, 3.8) is 0 Å². The van der Waals surface area contributed by atoms with Gasteiger partial charge in [-0.1, -0.05) is 13.0 Å². The molecule has 0 radical (unpaired) electrons. The van der Waals surface area contributed by atoms with Crippen LogP contribution in [0.25, 0.3) is 11.0 Å². The summed E-state index contributed by atoms with van der Waals surface area (Å²) in [5.74, 6) is 0.0720. The summed E-state index contributed by atoms with van der Waals surface area (Å²) in [4.78, 5) is 23.4. The molecule has 2 N–H and O–H groups in total. The lowest BCUT2D eigenvalue weighted by molar-refractivity contribution is -0.119. The molecule has 21 heavy (non-hydrogen) atoms. The molecule has 1 atom stereocenters. The van der Waals surface area contributed by atoms with Gasteiger partial charge in [-0.3, -0.25) is 9.59 Å². The molecule has 1 saturated heterocycles. The lowest BCUT2D eigenvalue weighted by Crippen LogP contribution is -2.30. The van der Waals surface area contributed by atoms with E-state index in [0.717, 1.165) is 17.4 Å². The van der Waals surface area contributed by atoms with Crippen LogP contribution in [0.4, 0.5) is 0 Å². The van der Waals surface area contributed by atoms with Crippen molar-refractivity contribution in [3.05, 3.63) is 35.6 Å². The van der Waals surface area contributed by atoms with Crippen molar-refractivity contribution in [2.24, 2.45) is 5.92 Å². The van der Waals surface area contributed by atoms with Gasteiger partial charge in [-0.15, -0.1) is 0 Å². The number of aryl methyl sites for hydroxylation is 1. The maximum absolute atomic E-state index is 12.3. The third-order valence-electron chi connectivity index (χ3n) is 3.90. The van der Waals surface area contributed by atoms with Gasteiger partial charge in [0, 0.05) is 30.8 Å². The van der Waals surface area contributed by atoms with E-state index in [1.165, 1.54) is 11.8 Å². The number of hydrogen-bond donors (Lipinski definition) is 2. The summed E-state index contributed by atoms with van der Waals surface area (Å²) in [6.45, 7) is 3.20. The number of carbonyl (C=O) groups is 2. The van der Waals surface area contributed by atoms with Crippen LogP contribution in [0.15, 0.2) is 28.9 Å². The summed E-state index contributed by atoms with van der Waals surface area (Å²) >= 11 is 0. The highest BCUT2D eigenvalue weighted by molar-refractivity contribution is 6.06. The highest BCUT2D eigenvalue weighted by Gasteiger charge is 2.22. The lowest BCUT2D eigenvalue weighted by atomic mass is 10.1. The minimum atomic E-state index is -0.152. The van der Waals surface area contributed by atoms with Crippen LogP contribution < -0.4 is 10.6 Å². The van der Waals surface area contributed by atoms with Gasteiger partial charge in [0.15, 0.2) is 0 Å². The molecule has 5 nitrogen and oxygen atoms in total. The zero-order valence-electron chi connectivity index (χ0n) is 11.9. The van der Waals surface area contributed by atoms with Gasteiger partial charge in [-0.05, 0) is 24.1 Å². The number of nitrogens with one attached hydrogen (secondary N) is 2. The second-order valence-electron chi connectivity index (χ2n) is 5.42. The van der Waals surface area contributed by atoms with E-state index in [2.05, 4.69) is 17.6 Å². The average Bonchev–Trinajstić information content (AvgIpc) is 3.10. The highest BCUT2D eigenvalue weighted by Crippen LogP contribution is 2.23. The van der Waals surface area contributed by atoms with Crippen LogP contribution >= 0.6 is 0 Å². The first-order valence-electron chi connectivity index (χ1n) is 7.22. The number of rotatable bonds is 4. The molecular weight excluding hydrogens is 268 g/mol. The van der Waals surface area contributed by atoms with Crippen molar-refractivity contribution in [1.82, 2.24) is 10.6 Å². The number of amides is 2. The van der Waals surface area contributed by atoms with Crippen LogP contribution in [0.3, 0.4) is 0 Å². The van der Waals surface area contributed by atoms with Gasteiger partial charge in [0.2, 0.25) is 5.91 Å². The van der Waals surface area contributed by atoms with Gasteiger partial charge in [0.05, 0.1) is 5.56 Å². The highest BCUT2D eigenvalue weighted by atomic mass is 16.3. The Hall–Kier alpha value is -2.30. The third-order valence-corrected chi connectivity index (χ3v) is 3.90. The van der Waals surface area contributed by atoms with Crippen molar-refractivity contribution in [2.75, 3.05) is 13.1 Å². The topological polar surface area (TPSA) is 71.3 Å². The Bertz CT molecular complexity index is 690. The van der Waals surface area contributed by atoms with E-state index in [1.807, 2.05) is 18.2 Å². The van der Waals surface area contributed by atoms with Crippen LogP contribution in [0.1, 0.15) is 29.3 Å². The SMILES string of the molecule is CCc1ccc2occ(C(=O)NCC3CNC(=O)C3)c2c1. The molecular formula is C16H18N2O3. The molecule has 2 aromatic rings. The monoisotopic (exact) mass is 286 g/mol. The van der Waals surface area contributed by atoms with Crippen LogP contribution in [0.2, 0.25) is 0 Å². The third kappa shape index (κ3) is 2.77. The number of fused-ring (bicyclic) bond motifs is 1. The summed E-state index contributed by atoms with van der Waals surface area (Å²) in [7, 11) is 0. The van der Waals surface area contributed by atoms with E-state index in [9.17, 15) is 9.59 Å². The van der Waals surface area contributed by atoms with Crippen molar-refractivity contribution in [2.45, 2.75) is 19.8 Å². The fourth-order valence-electron chi connectivity index (χ4n) is 2.61. The van der Waals surface area contributed by atoms with Crippen LogP contribution in [-0.2, 0) is 11.2 Å². The predicted octanol–water partition coefficient (Wildman–Crippen LogP) is 1.86. The summed E-state index contributed by atoms with van der Waals surface area (Å²) in [6.07, 6.45) is 2.89. The van der Waals surface area contributed by atoms with Gasteiger partial charge in [0.1, 0.15) is 11.8 Å². The largest absolute Gasteiger partial charge is 0.463 e. The van der Waals surface area contributed by atoms with E-state index < -0.39 is 0 Å². The van der Waals surface area contributed by atoms with Crippen molar-refractivity contribution >= 4 is 22.8 Å². The lowest BCUT2D eigenvalue weighted by Gasteiger charge is -2.08. The minimum Gasteiger partial charge on any atom is -0.463 e. The normalized spacial score (nSPS) is 18.0. The summed E-state index contributed by atoms with van der Waals surface area (Å²) in [5.41, 5.74) is 2.44. The van der Waals surface area contributed by atoms with E-state index in [0.29, 0.717) is 25.1 Å². The number of hydrogen-bond acceptors (Lipinski definition) is 3. The van der Waals surface area contributed by atoms with Crippen LogP contribution in [0.5, 0.6) is 0 Å². The molecule has 1 aromatic heterocycles. The Morgan fingerprint density at radius 1 is 1.48 bits per heavy atom. The molecule has 1 fully saturated rings. The van der Waals surface area contributed by atoms with E-state index in [-0.39, 0.29) is 17.7 Å². The molecule has 0 spiro atoms. The second kappa shape index (κ2) is 5.60. The van der Waals surface area contributed by atoms with Gasteiger partial charge >= 0.3 is 0 Å². The van der Waals surface area contributed by atoms with Crippen molar-refractivity contribution in [1.29, 1.82) is 0 Å². The van der Waals surface area contributed by atoms with E-state index in [4.69, 9.17) is 4.42 Å². The molecule has 0 saturated carbocycles. The van der Waals surface area contributed by atoms with Crippen molar-refractivity contribution in [3.8, 4) is 0 Å². The fraction of sp³-hybridized carbons (Fsp3) is 0.375. The molecule has 0 aliphatic carbocycles. The van der Waals surface area contributed by atoms with Gasteiger partial charge in [-0.2, -0.15) is 0 Å². The van der Waals surface area contributed by atoms with Crippen LogP contribution in [-0.4, -0.2) is 24.9 Å². The molecule has 1 aliphatic rings. The number of carbonyl (C=O) groups excluding carboxylic acids is 2. The molecule has 1 aromatic carbocycles. The number of furan rings is 1. The second-order valence-corrected chi connectivity index (χ2v) is 5.42. The standard InChI is InChI=1S/C16H18N2O3/c1-2-10-3-4-14-12(5-10)13(9-21-14)16(20)18-8-11-6-15(19)17-7-11/h3-5,9,11H,2,6-8H2,1H3,(H,17,19)(H,18,20). The summed E-state index contributed by atoms with van der Waals surface area (Å²) in [5, 5.41) is 6.49. The first kappa shape index (κ1) is 13.7. The first-order chi connectivity index (χ1) is 10.2. The summed E-state index contributed by atoms with van der Waals surface area (Å²) < 4.78 is 5.43. The number of benzene rings is 1. The van der Waals surface area contributed by atoms with Gasteiger partial charge in [0.25, 0.3) is 5.91 Å². The van der Waals surface area contributed by atoms with Gasteiger partial charge < -0.3 is 15.1 Å². The Labute approximate surface area is 122 Å². The predicted molar refractivity (Wildman–Crippen MR) is 79.0 cm³/mol.